The van der Waals surface area contributed by atoms with E-state index in [4.69, 9.17) is 0 Å². The standard InChI is InChI=1S/C20H23N3OS/c1-4-23-10-6-8-15-7-5-9-17(19(15)23)25(24)20-21-16-12-13(2)11-14(3)18(16)22-20/h5,7,9,11-12H,4,6,8,10H2,1-3H3,(H,21,22). The van der Waals surface area contributed by atoms with Gasteiger partial charge in [0.25, 0.3) is 0 Å². The highest BCUT2D eigenvalue weighted by molar-refractivity contribution is 7.85. The normalized spacial score (nSPS) is 15.4. The minimum atomic E-state index is -1.31. The van der Waals surface area contributed by atoms with Gasteiger partial charge in [-0.25, -0.2) is 9.19 Å². The fourth-order valence-corrected chi connectivity index (χ4v) is 5.03. The first-order chi connectivity index (χ1) is 12.1. The molecular weight excluding hydrogens is 330 g/mol. The van der Waals surface area contributed by atoms with Gasteiger partial charge in [-0.15, -0.1) is 0 Å². The Morgan fingerprint density at radius 3 is 2.92 bits per heavy atom. The zero-order chi connectivity index (χ0) is 17.6. The number of imidazole rings is 1. The molecule has 0 fully saturated rings. The molecule has 5 heteroatoms. The third-order valence-electron chi connectivity index (χ3n) is 4.93. The van der Waals surface area contributed by atoms with Gasteiger partial charge in [0.05, 0.1) is 21.6 Å². The van der Waals surface area contributed by atoms with Crippen LogP contribution in [0.2, 0.25) is 0 Å². The fraction of sp³-hybridized carbons (Fsp3) is 0.350. The van der Waals surface area contributed by atoms with Crippen molar-refractivity contribution in [3.05, 3.63) is 47.0 Å². The topological polar surface area (TPSA) is 49.0 Å². The summed E-state index contributed by atoms with van der Waals surface area (Å²) in [7, 11) is -1.31. The molecule has 130 valence electrons. The number of aryl methyl sites for hydroxylation is 3. The van der Waals surface area contributed by atoms with Gasteiger partial charge in [0, 0.05) is 13.1 Å². The molecular formula is C20H23N3OS. The molecule has 0 bridgehead atoms. The van der Waals surface area contributed by atoms with E-state index >= 15 is 0 Å². The zero-order valence-electron chi connectivity index (χ0n) is 14.9. The van der Waals surface area contributed by atoms with Crippen molar-refractivity contribution in [2.45, 2.75) is 43.7 Å². The maximum atomic E-state index is 13.3. The number of aromatic amines is 1. The van der Waals surface area contributed by atoms with Crippen LogP contribution in [-0.4, -0.2) is 27.3 Å². The first-order valence-corrected chi connectivity index (χ1v) is 9.99. The summed E-state index contributed by atoms with van der Waals surface area (Å²) < 4.78 is 13.3. The van der Waals surface area contributed by atoms with E-state index in [0.717, 1.165) is 53.1 Å². The summed E-state index contributed by atoms with van der Waals surface area (Å²) in [6, 6.07) is 10.3. The van der Waals surface area contributed by atoms with Crippen LogP contribution in [0.25, 0.3) is 11.0 Å². The van der Waals surface area contributed by atoms with E-state index in [1.807, 2.05) is 19.1 Å². The second-order valence-electron chi connectivity index (χ2n) is 6.74. The molecule has 0 amide bonds. The Balaban J connectivity index is 1.83. The van der Waals surface area contributed by atoms with Crippen LogP contribution in [0.3, 0.4) is 0 Å². The van der Waals surface area contributed by atoms with Gasteiger partial charge in [0.1, 0.15) is 10.8 Å². The molecule has 1 aliphatic rings. The molecule has 0 aliphatic carbocycles. The predicted molar refractivity (Wildman–Crippen MR) is 103 cm³/mol. The van der Waals surface area contributed by atoms with Crippen molar-refractivity contribution < 1.29 is 4.21 Å². The first kappa shape index (κ1) is 16.3. The Hall–Kier alpha value is -2.14. The van der Waals surface area contributed by atoms with Crippen LogP contribution in [0, 0.1) is 13.8 Å². The zero-order valence-corrected chi connectivity index (χ0v) is 15.7. The number of nitrogens with zero attached hydrogens (tertiary/aromatic N) is 2. The van der Waals surface area contributed by atoms with Crippen molar-refractivity contribution in [1.82, 2.24) is 9.97 Å². The molecule has 0 saturated carbocycles. The molecule has 1 N–H and O–H groups in total. The number of hydrogen-bond donors (Lipinski definition) is 1. The van der Waals surface area contributed by atoms with E-state index in [-0.39, 0.29) is 0 Å². The quantitative estimate of drug-likeness (QED) is 0.770. The molecule has 0 radical (unpaired) electrons. The van der Waals surface area contributed by atoms with Gasteiger partial charge in [-0.3, -0.25) is 0 Å². The number of aromatic nitrogens is 2. The highest BCUT2D eigenvalue weighted by Gasteiger charge is 2.24. The second kappa shape index (κ2) is 6.30. The van der Waals surface area contributed by atoms with Crippen molar-refractivity contribution >= 4 is 27.5 Å². The second-order valence-corrected chi connectivity index (χ2v) is 8.10. The van der Waals surface area contributed by atoms with E-state index in [9.17, 15) is 4.21 Å². The Bertz CT molecular complexity index is 976. The lowest BCUT2D eigenvalue weighted by molar-refractivity contribution is 0.671. The van der Waals surface area contributed by atoms with Crippen molar-refractivity contribution in [2.75, 3.05) is 18.0 Å². The first-order valence-electron chi connectivity index (χ1n) is 8.84. The lowest BCUT2D eigenvalue weighted by Crippen LogP contribution is -2.30. The molecule has 1 unspecified atom stereocenters. The summed E-state index contributed by atoms with van der Waals surface area (Å²) >= 11 is 0. The number of nitrogens with one attached hydrogen (secondary N) is 1. The van der Waals surface area contributed by atoms with Gasteiger partial charge in [-0.1, -0.05) is 18.2 Å². The highest BCUT2D eigenvalue weighted by atomic mass is 32.2. The number of H-pyrrole nitrogens is 1. The summed E-state index contributed by atoms with van der Waals surface area (Å²) in [6.07, 6.45) is 2.20. The molecule has 1 atom stereocenters. The van der Waals surface area contributed by atoms with Crippen LogP contribution in [0.5, 0.6) is 0 Å². The molecule has 4 rings (SSSR count). The summed E-state index contributed by atoms with van der Waals surface area (Å²) in [5.41, 5.74) is 6.59. The molecule has 4 nitrogen and oxygen atoms in total. The Kier molecular flexibility index (Phi) is 4.12. The van der Waals surface area contributed by atoms with E-state index in [1.165, 1.54) is 11.1 Å². The van der Waals surface area contributed by atoms with Gasteiger partial charge in [0.15, 0.2) is 0 Å². The number of fused-ring (bicyclic) bond motifs is 2. The summed E-state index contributed by atoms with van der Waals surface area (Å²) in [5.74, 6) is 0. The van der Waals surface area contributed by atoms with Gasteiger partial charge < -0.3 is 9.88 Å². The monoisotopic (exact) mass is 353 g/mol. The smallest absolute Gasteiger partial charge is 0.202 e. The number of rotatable bonds is 3. The maximum absolute atomic E-state index is 13.3. The molecule has 0 saturated heterocycles. The lowest BCUT2D eigenvalue weighted by atomic mass is 10.0. The van der Waals surface area contributed by atoms with Crippen molar-refractivity contribution in [3.63, 3.8) is 0 Å². The predicted octanol–water partition coefficient (Wildman–Crippen LogP) is 4.12. The third kappa shape index (κ3) is 2.76. The summed E-state index contributed by atoms with van der Waals surface area (Å²) in [6.45, 7) is 8.22. The number of hydrogen-bond acceptors (Lipinski definition) is 3. The molecule has 2 aromatic carbocycles. The fourth-order valence-electron chi connectivity index (χ4n) is 3.81. The molecule has 1 aromatic heterocycles. The molecule has 0 spiro atoms. The Labute approximate surface area is 150 Å². The van der Waals surface area contributed by atoms with Crippen LogP contribution in [0.1, 0.15) is 30.0 Å². The van der Waals surface area contributed by atoms with Gasteiger partial charge in [-0.2, -0.15) is 0 Å². The largest absolute Gasteiger partial charge is 0.371 e. The van der Waals surface area contributed by atoms with Crippen LogP contribution in [0.15, 0.2) is 40.4 Å². The minimum Gasteiger partial charge on any atom is -0.371 e. The molecule has 2 heterocycles. The van der Waals surface area contributed by atoms with Crippen LogP contribution in [0.4, 0.5) is 5.69 Å². The molecule has 1 aliphatic heterocycles. The highest BCUT2D eigenvalue weighted by Crippen LogP contribution is 2.34. The average Bonchev–Trinajstić information content (AvgIpc) is 3.04. The summed E-state index contributed by atoms with van der Waals surface area (Å²) in [4.78, 5) is 11.1. The van der Waals surface area contributed by atoms with E-state index < -0.39 is 10.8 Å². The molecule has 3 aromatic rings. The van der Waals surface area contributed by atoms with Gasteiger partial charge >= 0.3 is 0 Å². The van der Waals surface area contributed by atoms with Crippen molar-refractivity contribution in [2.24, 2.45) is 0 Å². The average molecular weight is 353 g/mol. The van der Waals surface area contributed by atoms with E-state index in [1.54, 1.807) is 0 Å². The van der Waals surface area contributed by atoms with E-state index in [0.29, 0.717) is 5.16 Å². The van der Waals surface area contributed by atoms with Crippen molar-refractivity contribution in [1.29, 1.82) is 0 Å². The minimum absolute atomic E-state index is 0.540. The number of benzene rings is 2. The number of para-hydroxylation sites is 1. The molecule has 25 heavy (non-hydrogen) atoms. The number of anilines is 1. The van der Waals surface area contributed by atoms with Crippen molar-refractivity contribution in [3.8, 4) is 0 Å². The van der Waals surface area contributed by atoms with Crippen LogP contribution in [-0.2, 0) is 17.2 Å². The summed E-state index contributed by atoms with van der Waals surface area (Å²) in [5, 5.41) is 0.540. The van der Waals surface area contributed by atoms with Gasteiger partial charge in [0.2, 0.25) is 5.16 Å². The lowest BCUT2D eigenvalue weighted by Gasteiger charge is -2.31. The Morgan fingerprint density at radius 1 is 1.28 bits per heavy atom. The van der Waals surface area contributed by atoms with Crippen LogP contribution >= 0.6 is 0 Å². The van der Waals surface area contributed by atoms with Gasteiger partial charge in [-0.05, 0) is 62.4 Å². The maximum Gasteiger partial charge on any atom is 0.202 e. The SMILES string of the molecule is CCN1CCCc2cccc(S(=O)c3nc4c(C)cc(C)cc4[nH]3)c21. The Morgan fingerprint density at radius 2 is 2.12 bits per heavy atom. The third-order valence-corrected chi connectivity index (χ3v) is 6.20. The van der Waals surface area contributed by atoms with E-state index in [2.05, 4.69) is 46.9 Å². The van der Waals surface area contributed by atoms with Crippen LogP contribution < -0.4 is 4.90 Å².